The van der Waals surface area contributed by atoms with Crippen LogP contribution < -0.4 is 0 Å². The zero-order chi connectivity index (χ0) is 9.68. The van der Waals surface area contributed by atoms with Crippen LogP contribution in [0.5, 0.6) is 0 Å². The number of rotatable bonds is 4. The molecule has 1 aromatic rings. The van der Waals surface area contributed by atoms with E-state index in [9.17, 15) is 5.11 Å². The Balaban J connectivity index is 2.58. The standard InChI is InChI=1S/C10H14ClNO/c1-2-4-8(13)7-10-9(11)5-3-6-12-10/h3,5-6,8,13H,2,4,7H2,1H3. The van der Waals surface area contributed by atoms with Crippen molar-refractivity contribution in [3.05, 3.63) is 29.0 Å². The lowest BCUT2D eigenvalue weighted by Crippen LogP contribution is -2.11. The van der Waals surface area contributed by atoms with E-state index in [4.69, 9.17) is 11.6 Å². The van der Waals surface area contributed by atoms with Crippen LogP contribution in [0.1, 0.15) is 25.5 Å². The van der Waals surface area contributed by atoms with Crippen molar-refractivity contribution in [2.24, 2.45) is 0 Å². The average Bonchev–Trinajstić information content (AvgIpc) is 2.09. The largest absolute Gasteiger partial charge is 0.393 e. The lowest BCUT2D eigenvalue weighted by molar-refractivity contribution is 0.163. The van der Waals surface area contributed by atoms with Crippen molar-refractivity contribution >= 4 is 11.6 Å². The molecule has 0 aliphatic heterocycles. The molecule has 0 spiro atoms. The summed E-state index contributed by atoms with van der Waals surface area (Å²) in [6.07, 6.45) is 3.70. The van der Waals surface area contributed by atoms with Gasteiger partial charge in [0.05, 0.1) is 16.8 Å². The molecule has 1 rings (SSSR count). The van der Waals surface area contributed by atoms with Crippen molar-refractivity contribution in [3.63, 3.8) is 0 Å². The molecule has 0 fully saturated rings. The van der Waals surface area contributed by atoms with Gasteiger partial charge < -0.3 is 5.11 Å². The van der Waals surface area contributed by atoms with Gasteiger partial charge >= 0.3 is 0 Å². The highest BCUT2D eigenvalue weighted by atomic mass is 35.5. The third-order valence-corrected chi connectivity index (χ3v) is 2.23. The number of aliphatic hydroxyl groups is 1. The summed E-state index contributed by atoms with van der Waals surface area (Å²) in [6.45, 7) is 2.04. The van der Waals surface area contributed by atoms with Gasteiger partial charge in [-0.2, -0.15) is 0 Å². The summed E-state index contributed by atoms with van der Waals surface area (Å²) in [4.78, 5) is 4.11. The van der Waals surface area contributed by atoms with Gasteiger partial charge in [0.1, 0.15) is 0 Å². The molecule has 2 nitrogen and oxygen atoms in total. The first-order chi connectivity index (χ1) is 6.24. The topological polar surface area (TPSA) is 33.1 Å². The van der Waals surface area contributed by atoms with Crippen LogP contribution in [0.25, 0.3) is 0 Å². The van der Waals surface area contributed by atoms with E-state index in [1.165, 1.54) is 0 Å². The van der Waals surface area contributed by atoms with E-state index in [1.807, 2.05) is 6.92 Å². The van der Waals surface area contributed by atoms with Crippen LogP contribution in [0, 0.1) is 0 Å². The van der Waals surface area contributed by atoms with E-state index >= 15 is 0 Å². The minimum atomic E-state index is -0.322. The SMILES string of the molecule is CCCC(O)Cc1ncccc1Cl. The summed E-state index contributed by atoms with van der Waals surface area (Å²) in [5.41, 5.74) is 0.783. The number of halogens is 1. The third kappa shape index (κ3) is 3.33. The molecule has 1 unspecified atom stereocenters. The van der Waals surface area contributed by atoms with Gasteiger partial charge in [0, 0.05) is 12.6 Å². The highest BCUT2D eigenvalue weighted by Gasteiger charge is 2.07. The Kier molecular flexibility index (Phi) is 4.19. The number of aromatic nitrogens is 1. The molecular formula is C10H14ClNO. The molecule has 0 aliphatic carbocycles. The number of hydrogen-bond donors (Lipinski definition) is 1. The molecule has 1 aromatic heterocycles. The maximum Gasteiger partial charge on any atom is 0.0622 e. The molecular weight excluding hydrogens is 186 g/mol. The molecule has 0 aliphatic rings. The second-order valence-corrected chi connectivity index (χ2v) is 3.49. The van der Waals surface area contributed by atoms with Crippen LogP contribution in [0.3, 0.4) is 0 Å². The first-order valence-corrected chi connectivity index (χ1v) is 4.89. The summed E-state index contributed by atoms with van der Waals surface area (Å²) in [5.74, 6) is 0. The highest BCUT2D eigenvalue weighted by molar-refractivity contribution is 6.31. The van der Waals surface area contributed by atoms with Crippen molar-refractivity contribution in [2.75, 3.05) is 0 Å². The fourth-order valence-electron chi connectivity index (χ4n) is 1.23. The van der Waals surface area contributed by atoms with Crippen molar-refractivity contribution < 1.29 is 5.11 Å². The van der Waals surface area contributed by atoms with Crippen LogP contribution in [-0.4, -0.2) is 16.2 Å². The van der Waals surface area contributed by atoms with E-state index in [0.29, 0.717) is 11.4 Å². The zero-order valence-corrected chi connectivity index (χ0v) is 8.46. The number of aliphatic hydroxyl groups excluding tert-OH is 1. The smallest absolute Gasteiger partial charge is 0.0622 e. The Labute approximate surface area is 83.6 Å². The van der Waals surface area contributed by atoms with Crippen LogP contribution in [0.2, 0.25) is 5.02 Å². The first kappa shape index (κ1) is 10.5. The summed E-state index contributed by atoms with van der Waals surface area (Å²) in [6, 6.07) is 3.58. The van der Waals surface area contributed by atoms with E-state index < -0.39 is 0 Å². The lowest BCUT2D eigenvalue weighted by Gasteiger charge is -2.08. The molecule has 0 saturated carbocycles. The normalized spacial score (nSPS) is 12.8. The molecule has 1 N–H and O–H groups in total. The Morgan fingerprint density at radius 2 is 2.38 bits per heavy atom. The summed E-state index contributed by atoms with van der Waals surface area (Å²) >= 11 is 5.89. The van der Waals surface area contributed by atoms with E-state index in [-0.39, 0.29) is 6.10 Å². The van der Waals surface area contributed by atoms with Gasteiger partial charge in [-0.1, -0.05) is 24.9 Å². The van der Waals surface area contributed by atoms with Crippen LogP contribution in [0.4, 0.5) is 0 Å². The second-order valence-electron chi connectivity index (χ2n) is 3.08. The van der Waals surface area contributed by atoms with Gasteiger partial charge in [0.25, 0.3) is 0 Å². The Morgan fingerprint density at radius 1 is 1.62 bits per heavy atom. The summed E-state index contributed by atoms with van der Waals surface area (Å²) in [5, 5.41) is 10.2. The number of nitrogens with zero attached hydrogens (tertiary/aromatic N) is 1. The fraction of sp³-hybridized carbons (Fsp3) is 0.500. The fourth-order valence-corrected chi connectivity index (χ4v) is 1.43. The molecule has 0 saturated heterocycles. The zero-order valence-electron chi connectivity index (χ0n) is 7.70. The lowest BCUT2D eigenvalue weighted by atomic mass is 10.1. The Bertz CT molecular complexity index is 265. The van der Waals surface area contributed by atoms with Crippen molar-refractivity contribution in [1.29, 1.82) is 0 Å². The van der Waals surface area contributed by atoms with E-state index in [0.717, 1.165) is 18.5 Å². The molecule has 3 heteroatoms. The van der Waals surface area contributed by atoms with Gasteiger partial charge in [-0.05, 0) is 18.6 Å². The first-order valence-electron chi connectivity index (χ1n) is 4.51. The predicted molar refractivity (Wildman–Crippen MR) is 53.9 cm³/mol. The number of pyridine rings is 1. The minimum Gasteiger partial charge on any atom is -0.393 e. The predicted octanol–water partition coefficient (Wildman–Crippen LogP) is 2.44. The van der Waals surface area contributed by atoms with Gasteiger partial charge in [-0.15, -0.1) is 0 Å². The maximum absolute atomic E-state index is 9.53. The van der Waals surface area contributed by atoms with Crippen molar-refractivity contribution in [2.45, 2.75) is 32.3 Å². The molecule has 0 radical (unpaired) electrons. The van der Waals surface area contributed by atoms with Crippen LogP contribution >= 0.6 is 11.6 Å². The molecule has 0 aromatic carbocycles. The Hall–Kier alpha value is -0.600. The third-order valence-electron chi connectivity index (χ3n) is 1.89. The second kappa shape index (κ2) is 5.20. The van der Waals surface area contributed by atoms with E-state index in [1.54, 1.807) is 18.3 Å². The molecule has 0 bridgehead atoms. The molecule has 0 amide bonds. The van der Waals surface area contributed by atoms with Crippen molar-refractivity contribution in [1.82, 2.24) is 4.98 Å². The van der Waals surface area contributed by atoms with Crippen LogP contribution in [-0.2, 0) is 6.42 Å². The average molecular weight is 200 g/mol. The van der Waals surface area contributed by atoms with Gasteiger partial charge in [0.15, 0.2) is 0 Å². The van der Waals surface area contributed by atoms with Crippen molar-refractivity contribution in [3.8, 4) is 0 Å². The van der Waals surface area contributed by atoms with Gasteiger partial charge in [-0.3, -0.25) is 4.98 Å². The monoisotopic (exact) mass is 199 g/mol. The molecule has 1 atom stereocenters. The molecule has 1 heterocycles. The van der Waals surface area contributed by atoms with Gasteiger partial charge in [-0.25, -0.2) is 0 Å². The van der Waals surface area contributed by atoms with Gasteiger partial charge in [0.2, 0.25) is 0 Å². The molecule has 13 heavy (non-hydrogen) atoms. The maximum atomic E-state index is 9.53. The highest BCUT2D eigenvalue weighted by Crippen LogP contribution is 2.15. The quantitative estimate of drug-likeness (QED) is 0.808. The number of hydrogen-bond acceptors (Lipinski definition) is 2. The Morgan fingerprint density at radius 3 is 3.00 bits per heavy atom. The minimum absolute atomic E-state index is 0.322. The summed E-state index contributed by atoms with van der Waals surface area (Å²) in [7, 11) is 0. The van der Waals surface area contributed by atoms with Crippen LogP contribution in [0.15, 0.2) is 18.3 Å². The summed E-state index contributed by atoms with van der Waals surface area (Å²) < 4.78 is 0. The molecule has 72 valence electrons. The van der Waals surface area contributed by atoms with E-state index in [2.05, 4.69) is 4.98 Å².